The summed E-state index contributed by atoms with van der Waals surface area (Å²) in [6.07, 6.45) is 3.13. The Morgan fingerprint density at radius 1 is 1.10 bits per heavy atom. The van der Waals surface area contributed by atoms with Gasteiger partial charge in [-0.15, -0.1) is 0 Å². The number of hydrogen-bond acceptors (Lipinski definition) is 5. The lowest BCUT2D eigenvalue weighted by Gasteiger charge is -2.40. The van der Waals surface area contributed by atoms with Gasteiger partial charge in [0.05, 0.1) is 5.52 Å². The Hall–Kier alpha value is -3.47. The summed E-state index contributed by atoms with van der Waals surface area (Å²) in [5.74, 6) is 0.121. The van der Waals surface area contributed by atoms with E-state index in [1.807, 2.05) is 24.3 Å². The Kier molecular flexibility index (Phi) is 4.43. The van der Waals surface area contributed by atoms with Crippen molar-refractivity contribution in [2.45, 2.75) is 39.5 Å². The Morgan fingerprint density at radius 2 is 1.87 bits per heavy atom. The maximum atomic E-state index is 13.4. The third kappa shape index (κ3) is 3.40. The monoisotopic (exact) mass is 412 g/mol. The molecular weight excluding hydrogens is 388 g/mol. The number of Topliss-reactive ketones (excluding diaryl/α,β-unsaturated/α-hetero) is 1. The number of ether oxygens (including phenoxy) is 1. The molecule has 3 aromatic rings. The highest BCUT2D eigenvalue weighted by atomic mass is 16.5. The molecule has 0 spiro atoms. The van der Waals surface area contributed by atoms with Crippen LogP contribution in [0.1, 0.15) is 50.7 Å². The number of esters is 1. The molecule has 2 heterocycles. The second-order valence-corrected chi connectivity index (χ2v) is 9.15. The fourth-order valence-corrected chi connectivity index (χ4v) is 4.91. The Balaban J connectivity index is 1.73. The molecule has 2 aromatic carbocycles. The van der Waals surface area contributed by atoms with Gasteiger partial charge < -0.3 is 10.1 Å². The topological polar surface area (TPSA) is 68.3 Å². The summed E-state index contributed by atoms with van der Waals surface area (Å²) >= 11 is 0. The molecule has 156 valence electrons. The van der Waals surface area contributed by atoms with Crippen molar-refractivity contribution in [3.63, 3.8) is 0 Å². The fraction of sp³-hybridized carbons (Fsp3) is 0.269. The first-order valence-electron chi connectivity index (χ1n) is 10.5. The first-order valence-corrected chi connectivity index (χ1v) is 10.5. The molecule has 1 aliphatic carbocycles. The Bertz CT molecular complexity index is 1260. The first-order chi connectivity index (χ1) is 14.8. The van der Waals surface area contributed by atoms with E-state index in [9.17, 15) is 9.59 Å². The lowest BCUT2D eigenvalue weighted by molar-refractivity contribution is -0.131. The minimum absolute atomic E-state index is 0.0808. The zero-order chi connectivity index (χ0) is 21.8. The molecule has 1 N–H and O–H groups in total. The summed E-state index contributed by atoms with van der Waals surface area (Å²) in [5.41, 5.74) is 5.74. The number of anilines is 1. The van der Waals surface area contributed by atoms with Gasteiger partial charge in [-0.3, -0.25) is 14.6 Å². The van der Waals surface area contributed by atoms with Crippen molar-refractivity contribution in [3.05, 3.63) is 77.1 Å². The summed E-state index contributed by atoms with van der Waals surface area (Å²) in [4.78, 5) is 29.2. The van der Waals surface area contributed by atoms with Crippen LogP contribution in [-0.4, -0.2) is 16.7 Å². The minimum atomic E-state index is -0.355. The number of nitrogens with zero attached hydrogens (tertiary/aromatic N) is 1. The van der Waals surface area contributed by atoms with Gasteiger partial charge in [0.2, 0.25) is 0 Å². The van der Waals surface area contributed by atoms with Crippen molar-refractivity contribution >= 4 is 28.3 Å². The van der Waals surface area contributed by atoms with Crippen LogP contribution in [0.3, 0.4) is 0 Å². The number of nitrogens with one attached hydrogen (secondary N) is 1. The standard InChI is InChI=1S/C26H24N2O3/c1-15(29)31-17-8-6-16(7-9-17)23-24-18-5-4-12-27-19(18)10-11-20(24)28-21-13-26(2,3)14-22(30)25(21)23/h4-12,23,28H,13-14H2,1-3H3. The van der Waals surface area contributed by atoms with Gasteiger partial charge in [0.25, 0.3) is 0 Å². The quantitative estimate of drug-likeness (QED) is 0.453. The van der Waals surface area contributed by atoms with Crippen LogP contribution >= 0.6 is 0 Å². The van der Waals surface area contributed by atoms with E-state index < -0.39 is 0 Å². The Morgan fingerprint density at radius 3 is 2.61 bits per heavy atom. The third-order valence-electron chi connectivity index (χ3n) is 6.08. The van der Waals surface area contributed by atoms with Gasteiger partial charge in [0, 0.05) is 47.8 Å². The molecular formula is C26H24N2O3. The molecule has 0 saturated heterocycles. The maximum absolute atomic E-state index is 13.4. The number of carbonyl (C=O) groups is 2. The van der Waals surface area contributed by atoms with Gasteiger partial charge in [-0.2, -0.15) is 0 Å². The molecule has 0 saturated carbocycles. The normalized spacial score (nSPS) is 19.5. The summed E-state index contributed by atoms with van der Waals surface area (Å²) < 4.78 is 5.21. The van der Waals surface area contributed by atoms with Crippen molar-refractivity contribution < 1.29 is 14.3 Å². The SMILES string of the molecule is CC(=O)Oc1ccc(C2C3=C(CC(C)(C)CC3=O)Nc3ccc4ncccc4c32)cc1. The van der Waals surface area contributed by atoms with Crippen molar-refractivity contribution in [2.75, 3.05) is 5.32 Å². The van der Waals surface area contributed by atoms with Gasteiger partial charge in [-0.05, 0) is 53.3 Å². The summed E-state index contributed by atoms with van der Waals surface area (Å²) in [5, 5.41) is 4.61. The number of benzene rings is 2. The van der Waals surface area contributed by atoms with E-state index in [1.165, 1.54) is 6.92 Å². The number of carbonyl (C=O) groups excluding carboxylic acids is 2. The van der Waals surface area contributed by atoms with E-state index in [-0.39, 0.29) is 23.1 Å². The second-order valence-electron chi connectivity index (χ2n) is 9.15. The number of ketones is 1. The smallest absolute Gasteiger partial charge is 0.308 e. The molecule has 0 fully saturated rings. The van der Waals surface area contributed by atoms with Crippen LogP contribution in [0.15, 0.2) is 66.0 Å². The second kappa shape index (κ2) is 7.05. The summed E-state index contributed by atoms with van der Waals surface area (Å²) in [6, 6.07) is 15.5. The first kappa shape index (κ1) is 19.5. The molecule has 2 aliphatic rings. The predicted molar refractivity (Wildman–Crippen MR) is 120 cm³/mol. The molecule has 0 bridgehead atoms. The number of pyridine rings is 1. The predicted octanol–water partition coefficient (Wildman–Crippen LogP) is 5.36. The Labute approximate surface area is 181 Å². The zero-order valence-corrected chi connectivity index (χ0v) is 17.9. The van der Waals surface area contributed by atoms with Crippen LogP contribution < -0.4 is 10.1 Å². The molecule has 1 aromatic heterocycles. The average Bonchev–Trinajstić information content (AvgIpc) is 2.71. The van der Waals surface area contributed by atoms with Crippen LogP contribution in [-0.2, 0) is 9.59 Å². The average molecular weight is 412 g/mol. The lowest BCUT2D eigenvalue weighted by Crippen LogP contribution is -2.33. The number of allylic oxidation sites excluding steroid dienone is 2. The zero-order valence-electron chi connectivity index (χ0n) is 17.9. The molecule has 5 rings (SSSR count). The van der Waals surface area contributed by atoms with Crippen LogP contribution in [0.5, 0.6) is 5.75 Å². The lowest BCUT2D eigenvalue weighted by atomic mass is 9.68. The molecule has 1 atom stereocenters. The largest absolute Gasteiger partial charge is 0.427 e. The summed E-state index contributed by atoms with van der Waals surface area (Å²) in [7, 11) is 0. The third-order valence-corrected chi connectivity index (χ3v) is 6.08. The van der Waals surface area contributed by atoms with Crippen molar-refractivity contribution in [2.24, 2.45) is 5.41 Å². The van der Waals surface area contributed by atoms with E-state index in [0.717, 1.165) is 45.4 Å². The molecule has 1 unspecified atom stereocenters. The van der Waals surface area contributed by atoms with Crippen molar-refractivity contribution in [3.8, 4) is 5.75 Å². The highest BCUT2D eigenvalue weighted by molar-refractivity contribution is 6.04. The molecule has 0 amide bonds. The fourth-order valence-electron chi connectivity index (χ4n) is 4.91. The van der Waals surface area contributed by atoms with E-state index in [2.05, 4.69) is 36.3 Å². The minimum Gasteiger partial charge on any atom is -0.427 e. The summed E-state index contributed by atoms with van der Waals surface area (Å²) in [6.45, 7) is 5.66. The maximum Gasteiger partial charge on any atom is 0.308 e. The highest BCUT2D eigenvalue weighted by Gasteiger charge is 2.41. The molecule has 1 aliphatic heterocycles. The van der Waals surface area contributed by atoms with Crippen LogP contribution in [0.25, 0.3) is 10.9 Å². The van der Waals surface area contributed by atoms with E-state index >= 15 is 0 Å². The van der Waals surface area contributed by atoms with Gasteiger partial charge in [-0.1, -0.05) is 32.0 Å². The number of rotatable bonds is 2. The van der Waals surface area contributed by atoms with Crippen LogP contribution in [0.4, 0.5) is 5.69 Å². The van der Waals surface area contributed by atoms with Crippen molar-refractivity contribution in [1.82, 2.24) is 4.98 Å². The molecule has 31 heavy (non-hydrogen) atoms. The van der Waals surface area contributed by atoms with Crippen LogP contribution in [0.2, 0.25) is 0 Å². The molecule has 5 nitrogen and oxygen atoms in total. The van der Waals surface area contributed by atoms with Crippen molar-refractivity contribution in [1.29, 1.82) is 0 Å². The van der Waals surface area contributed by atoms with E-state index in [4.69, 9.17) is 4.74 Å². The van der Waals surface area contributed by atoms with Gasteiger partial charge >= 0.3 is 5.97 Å². The van der Waals surface area contributed by atoms with Crippen LogP contribution in [0, 0.1) is 5.41 Å². The van der Waals surface area contributed by atoms with Gasteiger partial charge in [-0.25, -0.2) is 0 Å². The van der Waals surface area contributed by atoms with Gasteiger partial charge in [0.1, 0.15) is 5.75 Å². The number of aromatic nitrogens is 1. The molecule has 0 radical (unpaired) electrons. The number of hydrogen-bond donors (Lipinski definition) is 1. The van der Waals surface area contributed by atoms with E-state index in [1.54, 1.807) is 18.3 Å². The highest BCUT2D eigenvalue weighted by Crippen LogP contribution is 2.50. The van der Waals surface area contributed by atoms with Gasteiger partial charge in [0.15, 0.2) is 5.78 Å². The number of fused-ring (bicyclic) bond motifs is 3. The molecule has 5 heteroatoms. The van der Waals surface area contributed by atoms with E-state index in [0.29, 0.717) is 12.2 Å².